The Bertz CT molecular complexity index is 542. The van der Waals surface area contributed by atoms with Crippen LogP contribution < -0.4 is 11.1 Å². The van der Waals surface area contributed by atoms with E-state index in [2.05, 4.69) is 5.32 Å². The first-order valence-electron chi connectivity index (χ1n) is 7.69. The summed E-state index contributed by atoms with van der Waals surface area (Å²) in [6.07, 6.45) is 0.891. The van der Waals surface area contributed by atoms with E-state index in [9.17, 15) is 14.7 Å². The van der Waals surface area contributed by atoms with Crippen LogP contribution in [0.3, 0.4) is 0 Å². The molecule has 2 rings (SSSR count). The predicted molar refractivity (Wildman–Crippen MR) is 87.8 cm³/mol. The summed E-state index contributed by atoms with van der Waals surface area (Å²) < 4.78 is 0. The van der Waals surface area contributed by atoms with Crippen molar-refractivity contribution >= 4 is 23.4 Å². The predicted octanol–water partition coefficient (Wildman–Crippen LogP) is 0.687. The zero-order chi connectivity index (χ0) is 16.8. The van der Waals surface area contributed by atoms with Crippen molar-refractivity contribution in [1.29, 1.82) is 0 Å². The second-order valence-electron chi connectivity index (χ2n) is 5.70. The van der Waals surface area contributed by atoms with E-state index in [1.54, 1.807) is 17.0 Å². The zero-order valence-corrected chi connectivity index (χ0v) is 13.6. The third kappa shape index (κ3) is 4.92. The molecule has 2 amide bonds. The van der Waals surface area contributed by atoms with E-state index in [0.717, 1.165) is 18.4 Å². The molecular formula is C16H22ClN3O3. The smallest absolute Gasteiger partial charge is 0.241 e. The van der Waals surface area contributed by atoms with Crippen molar-refractivity contribution in [2.75, 3.05) is 26.2 Å². The van der Waals surface area contributed by atoms with Crippen LogP contribution in [0.5, 0.6) is 0 Å². The van der Waals surface area contributed by atoms with Crippen LogP contribution in [0.15, 0.2) is 24.3 Å². The van der Waals surface area contributed by atoms with Crippen molar-refractivity contribution in [2.45, 2.75) is 18.9 Å². The Labute approximate surface area is 140 Å². The lowest BCUT2D eigenvalue weighted by Gasteiger charge is -2.34. The van der Waals surface area contributed by atoms with E-state index >= 15 is 0 Å². The summed E-state index contributed by atoms with van der Waals surface area (Å²) in [5.74, 6) is -0.350. The zero-order valence-electron chi connectivity index (χ0n) is 12.9. The quantitative estimate of drug-likeness (QED) is 0.735. The summed E-state index contributed by atoms with van der Waals surface area (Å²) in [6, 6.07) is 7.18. The van der Waals surface area contributed by atoms with Crippen molar-refractivity contribution in [3.63, 3.8) is 0 Å². The summed E-state index contributed by atoms with van der Waals surface area (Å²) in [4.78, 5) is 24.8. The molecule has 0 aliphatic carbocycles. The molecule has 4 N–H and O–H groups in total. The molecule has 126 valence electrons. The van der Waals surface area contributed by atoms with Crippen molar-refractivity contribution in [1.82, 2.24) is 10.2 Å². The minimum atomic E-state index is -0.554. The van der Waals surface area contributed by atoms with E-state index < -0.39 is 6.10 Å². The molecule has 1 heterocycles. The van der Waals surface area contributed by atoms with Gasteiger partial charge in [0, 0.05) is 18.1 Å². The minimum absolute atomic E-state index is 0.0273. The second-order valence-corrected chi connectivity index (χ2v) is 6.13. The highest BCUT2D eigenvalue weighted by atomic mass is 35.5. The molecule has 23 heavy (non-hydrogen) atoms. The number of aliphatic hydroxyl groups excluding tert-OH is 1. The highest BCUT2D eigenvalue weighted by Gasteiger charge is 2.28. The average molecular weight is 340 g/mol. The van der Waals surface area contributed by atoms with Gasteiger partial charge in [-0.1, -0.05) is 23.7 Å². The lowest BCUT2D eigenvalue weighted by atomic mass is 9.87. The fraction of sp³-hybridized carbons (Fsp3) is 0.500. The summed E-state index contributed by atoms with van der Waals surface area (Å²) in [5.41, 5.74) is 6.02. The molecule has 1 fully saturated rings. The Hall–Kier alpha value is -1.63. The first-order valence-corrected chi connectivity index (χ1v) is 8.07. The fourth-order valence-corrected chi connectivity index (χ4v) is 2.88. The van der Waals surface area contributed by atoms with Gasteiger partial charge in [0.15, 0.2) is 0 Å². The largest absolute Gasteiger partial charge is 0.388 e. The number of hydrogen-bond acceptors (Lipinski definition) is 4. The first kappa shape index (κ1) is 17.7. The summed E-state index contributed by atoms with van der Waals surface area (Å²) >= 11 is 5.85. The van der Waals surface area contributed by atoms with Gasteiger partial charge in [-0.15, -0.1) is 0 Å². The number of likely N-dealkylation sites (tertiary alicyclic amines) is 1. The molecule has 0 aromatic heterocycles. The summed E-state index contributed by atoms with van der Waals surface area (Å²) in [7, 11) is 0. The highest BCUT2D eigenvalue weighted by molar-refractivity contribution is 6.30. The van der Waals surface area contributed by atoms with Gasteiger partial charge >= 0.3 is 0 Å². The molecule has 1 aliphatic heterocycles. The van der Waals surface area contributed by atoms with E-state index in [4.69, 9.17) is 17.3 Å². The van der Waals surface area contributed by atoms with Gasteiger partial charge in [0.25, 0.3) is 0 Å². The van der Waals surface area contributed by atoms with Crippen LogP contribution in [-0.2, 0) is 9.59 Å². The van der Waals surface area contributed by atoms with Gasteiger partial charge in [0.2, 0.25) is 11.8 Å². The Morgan fingerprint density at radius 3 is 2.48 bits per heavy atom. The number of hydrogen-bond donors (Lipinski definition) is 3. The molecule has 0 spiro atoms. The van der Waals surface area contributed by atoms with Gasteiger partial charge < -0.3 is 21.1 Å². The van der Waals surface area contributed by atoms with Crippen LogP contribution >= 0.6 is 11.6 Å². The molecule has 0 saturated carbocycles. The Balaban J connectivity index is 1.82. The average Bonchev–Trinajstić information content (AvgIpc) is 2.59. The molecule has 7 heteroatoms. The van der Waals surface area contributed by atoms with Gasteiger partial charge in [0.1, 0.15) is 0 Å². The third-order valence-corrected chi connectivity index (χ3v) is 4.42. The third-order valence-electron chi connectivity index (χ3n) is 4.17. The van der Waals surface area contributed by atoms with Crippen molar-refractivity contribution in [2.24, 2.45) is 11.7 Å². The summed E-state index contributed by atoms with van der Waals surface area (Å²) in [5, 5.41) is 13.6. The van der Waals surface area contributed by atoms with Gasteiger partial charge in [-0.3, -0.25) is 9.59 Å². The number of aliphatic hydroxyl groups is 1. The van der Waals surface area contributed by atoms with E-state index in [1.165, 1.54) is 0 Å². The summed E-state index contributed by atoms with van der Waals surface area (Å²) in [6.45, 7) is 1.00. The maximum absolute atomic E-state index is 12.0. The Morgan fingerprint density at radius 1 is 1.30 bits per heavy atom. The maximum atomic E-state index is 12.0. The molecule has 0 radical (unpaired) electrons. The molecule has 6 nitrogen and oxygen atoms in total. The number of amides is 2. The number of carbonyl (C=O) groups is 2. The molecule has 1 unspecified atom stereocenters. The molecule has 1 aromatic carbocycles. The number of nitrogens with zero attached hydrogens (tertiary/aromatic N) is 1. The van der Waals surface area contributed by atoms with Crippen molar-refractivity contribution in [3.8, 4) is 0 Å². The normalized spacial score (nSPS) is 16.9. The number of benzene rings is 1. The van der Waals surface area contributed by atoms with Crippen LogP contribution in [0, 0.1) is 5.92 Å². The van der Waals surface area contributed by atoms with Crippen molar-refractivity contribution in [3.05, 3.63) is 34.9 Å². The molecule has 1 aliphatic rings. The van der Waals surface area contributed by atoms with Gasteiger partial charge in [-0.2, -0.15) is 0 Å². The van der Waals surface area contributed by atoms with E-state index in [1.807, 2.05) is 12.1 Å². The van der Waals surface area contributed by atoms with E-state index in [0.29, 0.717) is 18.1 Å². The maximum Gasteiger partial charge on any atom is 0.241 e. The number of carbonyl (C=O) groups excluding carboxylic acids is 2. The van der Waals surface area contributed by atoms with Crippen LogP contribution in [0.25, 0.3) is 0 Å². The van der Waals surface area contributed by atoms with Crippen LogP contribution in [0.1, 0.15) is 24.5 Å². The number of piperidine rings is 1. The highest BCUT2D eigenvalue weighted by Crippen LogP contribution is 2.31. The number of nitrogens with one attached hydrogen (secondary N) is 1. The van der Waals surface area contributed by atoms with Crippen molar-refractivity contribution < 1.29 is 14.7 Å². The van der Waals surface area contributed by atoms with Gasteiger partial charge in [-0.25, -0.2) is 0 Å². The van der Waals surface area contributed by atoms with E-state index in [-0.39, 0.29) is 30.8 Å². The van der Waals surface area contributed by atoms with Crippen LogP contribution in [0.4, 0.5) is 0 Å². The molecule has 1 atom stereocenters. The fourth-order valence-electron chi connectivity index (χ4n) is 2.75. The minimum Gasteiger partial charge on any atom is -0.388 e. The van der Waals surface area contributed by atoms with Gasteiger partial charge in [-0.05, 0) is 36.5 Å². The topological polar surface area (TPSA) is 95.7 Å². The number of halogens is 1. The van der Waals surface area contributed by atoms with Gasteiger partial charge in [0.05, 0.1) is 19.2 Å². The molecule has 1 aromatic rings. The van der Waals surface area contributed by atoms with Crippen LogP contribution in [0.2, 0.25) is 5.02 Å². The monoisotopic (exact) mass is 339 g/mol. The SMILES string of the molecule is NCC(=O)NCC(=O)N1CCC(C(O)c2ccc(Cl)cc2)CC1. The lowest BCUT2D eigenvalue weighted by molar-refractivity contribution is -0.134. The molecule has 1 saturated heterocycles. The number of rotatable bonds is 5. The molecule has 0 bridgehead atoms. The lowest BCUT2D eigenvalue weighted by Crippen LogP contribution is -2.45. The molecular weight excluding hydrogens is 318 g/mol. The number of nitrogens with two attached hydrogens (primary N) is 1. The van der Waals surface area contributed by atoms with Crippen LogP contribution in [-0.4, -0.2) is 48.0 Å². The Kier molecular flexibility index (Phi) is 6.38. The Morgan fingerprint density at radius 2 is 1.91 bits per heavy atom. The standard InChI is InChI=1S/C16H22ClN3O3/c17-13-3-1-11(2-4-13)16(23)12-5-7-20(8-6-12)15(22)10-19-14(21)9-18/h1-4,12,16,23H,5-10,18H2,(H,19,21). The second kappa shape index (κ2) is 8.29. The first-order chi connectivity index (χ1) is 11.0.